The van der Waals surface area contributed by atoms with E-state index in [0.717, 1.165) is 11.1 Å². The molecule has 0 heterocycles. The van der Waals surface area contributed by atoms with Gasteiger partial charge < -0.3 is 9.64 Å². The van der Waals surface area contributed by atoms with Gasteiger partial charge in [0.2, 0.25) is 10.0 Å². The summed E-state index contributed by atoms with van der Waals surface area (Å²) in [6.07, 6.45) is 0.101. The minimum Gasteiger partial charge on any atom is -0.454 e. The number of amides is 1. The van der Waals surface area contributed by atoms with E-state index in [4.69, 9.17) is 21.6 Å². The quantitative estimate of drug-likeness (QED) is 0.554. The van der Waals surface area contributed by atoms with Gasteiger partial charge in [-0.05, 0) is 68.3 Å². The van der Waals surface area contributed by atoms with Gasteiger partial charge in [-0.2, -0.15) is 9.98 Å². The summed E-state index contributed by atoms with van der Waals surface area (Å²) in [6, 6.07) is 11.8. The molecule has 32 heavy (non-hydrogen) atoms. The van der Waals surface area contributed by atoms with Crippen molar-refractivity contribution in [3.8, 4) is 6.07 Å². The largest absolute Gasteiger partial charge is 0.454 e. The highest BCUT2D eigenvalue weighted by atomic mass is 35.5. The molecule has 0 aromatic heterocycles. The molecular weight excluding hydrogens is 454 g/mol. The normalized spacial score (nSPS) is 12.0. The Bertz CT molecular complexity index is 1110. The smallest absolute Gasteiger partial charge is 0.324 e. The number of nitrogens with zero attached hydrogens (tertiary/aromatic N) is 2. The molecule has 0 spiro atoms. The van der Waals surface area contributed by atoms with Gasteiger partial charge in [0.15, 0.2) is 6.61 Å². The molecule has 2 aromatic rings. The lowest BCUT2D eigenvalue weighted by Crippen LogP contribution is -2.41. The Morgan fingerprint density at radius 3 is 2.31 bits per heavy atom. The first kappa shape index (κ1) is 25.3. The molecule has 2 aromatic carbocycles. The summed E-state index contributed by atoms with van der Waals surface area (Å²) >= 11 is 5.76. The third-order valence-electron chi connectivity index (χ3n) is 4.41. The second-order valence-corrected chi connectivity index (χ2v) is 9.35. The number of anilines is 1. The van der Waals surface area contributed by atoms with Gasteiger partial charge in [0, 0.05) is 17.3 Å². The van der Waals surface area contributed by atoms with Crippen LogP contribution in [0.1, 0.15) is 24.5 Å². The molecule has 10 heteroatoms. The minimum atomic E-state index is -3.98. The Morgan fingerprint density at radius 2 is 1.75 bits per heavy atom. The zero-order valence-electron chi connectivity index (χ0n) is 18.0. The Morgan fingerprint density at radius 1 is 1.16 bits per heavy atom. The van der Waals surface area contributed by atoms with Gasteiger partial charge >= 0.3 is 5.97 Å². The average Bonchev–Trinajstić information content (AvgIpc) is 2.71. The lowest BCUT2D eigenvalue weighted by Gasteiger charge is -2.23. The Kier molecular flexibility index (Phi) is 8.78. The number of benzene rings is 2. The second-order valence-electron chi connectivity index (χ2n) is 7.20. The predicted octanol–water partition coefficient (Wildman–Crippen LogP) is 3.11. The maximum absolute atomic E-state index is 12.7. The lowest BCUT2D eigenvalue weighted by molar-refractivity contribution is -0.149. The van der Waals surface area contributed by atoms with Crippen LogP contribution in [0.2, 0.25) is 5.02 Å². The van der Waals surface area contributed by atoms with E-state index in [1.165, 1.54) is 36.1 Å². The van der Waals surface area contributed by atoms with Crippen molar-refractivity contribution in [1.82, 2.24) is 4.72 Å². The Balaban J connectivity index is 2.04. The SMILES string of the molecule is Cc1cc(C)cc(N(CCC#N)C(=O)COC(=O)[C@H](C)NS(=O)(=O)c2ccc(Cl)cc2)c1. The molecule has 0 radical (unpaired) electrons. The first-order chi connectivity index (χ1) is 15.0. The molecule has 0 aliphatic carbocycles. The molecule has 2 rings (SSSR count). The van der Waals surface area contributed by atoms with Crippen molar-refractivity contribution in [2.45, 2.75) is 38.1 Å². The van der Waals surface area contributed by atoms with Crippen molar-refractivity contribution in [2.24, 2.45) is 0 Å². The standard InChI is InChI=1S/C22H24ClN3O5S/c1-15-11-16(2)13-19(12-15)26(10-4-9-24)21(27)14-31-22(28)17(3)25-32(29,30)20-7-5-18(23)6-8-20/h5-8,11-13,17,25H,4,10,14H2,1-3H3/t17-/m0/s1. The van der Waals surface area contributed by atoms with Crippen molar-refractivity contribution < 1.29 is 22.7 Å². The molecule has 1 amide bonds. The van der Waals surface area contributed by atoms with E-state index in [1.807, 2.05) is 26.0 Å². The highest BCUT2D eigenvalue weighted by molar-refractivity contribution is 7.89. The van der Waals surface area contributed by atoms with Crippen LogP contribution >= 0.6 is 11.6 Å². The van der Waals surface area contributed by atoms with Crippen LogP contribution < -0.4 is 9.62 Å². The van der Waals surface area contributed by atoms with E-state index in [1.54, 1.807) is 12.1 Å². The summed E-state index contributed by atoms with van der Waals surface area (Å²) in [7, 11) is -3.98. The maximum atomic E-state index is 12.7. The fourth-order valence-electron chi connectivity index (χ4n) is 2.96. The van der Waals surface area contributed by atoms with E-state index in [2.05, 4.69) is 4.72 Å². The van der Waals surface area contributed by atoms with Crippen molar-refractivity contribution in [2.75, 3.05) is 18.1 Å². The van der Waals surface area contributed by atoms with Crippen molar-refractivity contribution >= 4 is 39.2 Å². The number of ether oxygens (including phenoxy) is 1. The molecule has 1 N–H and O–H groups in total. The number of carbonyl (C=O) groups excluding carboxylic acids is 2. The van der Waals surface area contributed by atoms with E-state index in [9.17, 15) is 18.0 Å². The average molecular weight is 478 g/mol. The van der Waals surface area contributed by atoms with Crippen LogP contribution in [0, 0.1) is 25.2 Å². The lowest BCUT2D eigenvalue weighted by atomic mass is 10.1. The van der Waals surface area contributed by atoms with E-state index < -0.39 is 34.5 Å². The molecular formula is C22H24ClN3O5S. The molecule has 0 aliphatic heterocycles. The number of rotatable bonds is 9. The summed E-state index contributed by atoms with van der Waals surface area (Å²) in [5.74, 6) is -1.43. The molecule has 0 saturated carbocycles. The summed E-state index contributed by atoms with van der Waals surface area (Å²) in [5.41, 5.74) is 2.48. The number of sulfonamides is 1. The highest BCUT2D eigenvalue weighted by Gasteiger charge is 2.25. The fourth-order valence-corrected chi connectivity index (χ4v) is 4.28. The Hall–Kier alpha value is -2.93. The molecule has 170 valence electrons. The monoisotopic (exact) mass is 477 g/mol. The second kappa shape index (κ2) is 11.1. The number of esters is 1. The van der Waals surface area contributed by atoms with E-state index in [-0.39, 0.29) is 17.9 Å². The first-order valence-corrected chi connectivity index (χ1v) is 11.6. The van der Waals surface area contributed by atoms with Crippen LogP contribution in [-0.4, -0.2) is 39.5 Å². The summed E-state index contributed by atoms with van der Waals surface area (Å²) in [6.45, 7) is 4.63. The molecule has 1 atom stereocenters. The molecule has 0 saturated heterocycles. The van der Waals surface area contributed by atoms with Crippen LogP contribution in [0.5, 0.6) is 0 Å². The summed E-state index contributed by atoms with van der Waals surface area (Å²) in [5, 5.41) is 9.29. The molecule has 0 unspecified atom stereocenters. The number of nitrogens with one attached hydrogen (secondary N) is 1. The number of aryl methyl sites for hydroxylation is 2. The number of hydrogen-bond acceptors (Lipinski definition) is 6. The molecule has 0 bridgehead atoms. The summed E-state index contributed by atoms with van der Waals surface area (Å²) < 4.78 is 32.1. The predicted molar refractivity (Wildman–Crippen MR) is 121 cm³/mol. The van der Waals surface area contributed by atoms with Gasteiger partial charge in [0.1, 0.15) is 6.04 Å². The Labute approximate surface area is 192 Å². The van der Waals surface area contributed by atoms with Crippen molar-refractivity contribution in [1.29, 1.82) is 5.26 Å². The molecule has 0 aliphatic rings. The van der Waals surface area contributed by atoms with Crippen LogP contribution in [0.4, 0.5) is 5.69 Å². The maximum Gasteiger partial charge on any atom is 0.324 e. The zero-order chi connectivity index (χ0) is 23.9. The molecule has 8 nitrogen and oxygen atoms in total. The van der Waals surface area contributed by atoms with Crippen LogP contribution in [0.25, 0.3) is 0 Å². The zero-order valence-corrected chi connectivity index (χ0v) is 19.5. The third kappa shape index (κ3) is 7.05. The number of nitriles is 1. The molecule has 0 fully saturated rings. The number of carbonyl (C=O) groups is 2. The minimum absolute atomic E-state index is 0.0601. The highest BCUT2D eigenvalue weighted by Crippen LogP contribution is 2.20. The van der Waals surface area contributed by atoms with Crippen LogP contribution in [0.15, 0.2) is 47.4 Å². The van der Waals surface area contributed by atoms with E-state index >= 15 is 0 Å². The number of hydrogen-bond donors (Lipinski definition) is 1. The van der Waals surface area contributed by atoms with Gasteiger partial charge in [-0.25, -0.2) is 8.42 Å². The van der Waals surface area contributed by atoms with Gasteiger partial charge in [-0.1, -0.05) is 17.7 Å². The third-order valence-corrected chi connectivity index (χ3v) is 6.22. The van der Waals surface area contributed by atoms with Crippen LogP contribution in [0.3, 0.4) is 0 Å². The topological polar surface area (TPSA) is 117 Å². The number of halogens is 1. The van der Waals surface area contributed by atoms with E-state index in [0.29, 0.717) is 10.7 Å². The van der Waals surface area contributed by atoms with Crippen molar-refractivity contribution in [3.63, 3.8) is 0 Å². The van der Waals surface area contributed by atoms with Crippen LogP contribution in [-0.2, 0) is 24.3 Å². The van der Waals surface area contributed by atoms with Gasteiger partial charge in [-0.15, -0.1) is 0 Å². The van der Waals surface area contributed by atoms with Crippen molar-refractivity contribution in [3.05, 3.63) is 58.6 Å². The van der Waals surface area contributed by atoms with Gasteiger partial charge in [0.05, 0.1) is 17.4 Å². The fraction of sp³-hybridized carbons (Fsp3) is 0.318. The first-order valence-electron chi connectivity index (χ1n) is 9.73. The van der Waals surface area contributed by atoms with Gasteiger partial charge in [-0.3, -0.25) is 9.59 Å². The van der Waals surface area contributed by atoms with Gasteiger partial charge in [0.25, 0.3) is 5.91 Å². The summed E-state index contributed by atoms with van der Waals surface area (Å²) in [4.78, 5) is 26.3.